The molecule has 1 fully saturated rings. The second-order valence-electron chi connectivity index (χ2n) is 6.57. The standard InChI is InChI=1S/C18H28FN3O3S.ClH/c19-16-9-5-6-10-17(16)26(24,25)22-12-11-18(23)21-14-13-20-15-7-3-1-2-4-8-15;/h5-6,9-10,15,20,22H,1-4,7-8,11-14H2,(H,21,23);1H. The fourth-order valence-electron chi connectivity index (χ4n) is 3.09. The highest BCUT2D eigenvalue weighted by molar-refractivity contribution is 7.89. The van der Waals surface area contributed by atoms with Crippen molar-refractivity contribution in [1.29, 1.82) is 0 Å². The molecule has 1 saturated carbocycles. The Labute approximate surface area is 167 Å². The summed E-state index contributed by atoms with van der Waals surface area (Å²) in [6.07, 6.45) is 7.50. The minimum atomic E-state index is -3.95. The van der Waals surface area contributed by atoms with E-state index in [-0.39, 0.29) is 31.3 Å². The summed E-state index contributed by atoms with van der Waals surface area (Å²) >= 11 is 0. The van der Waals surface area contributed by atoms with Crippen molar-refractivity contribution in [3.05, 3.63) is 30.1 Å². The number of benzene rings is 1. The van der Waals surface area contributed by atoms with Gasteiger partial charge in [-0.3, -0.25) is 4.79 Å². The molecule has 0 radical (unpaired) electrons. The number of hydrogen-bond acceptors (Lipinski definition) is 4. The number of sulfonamides is 1. The van der Waals surface area contributed by atoms with Gasteiger partial charge in [-0.15, -0.1) is 12.4 Å². The minimum Gasteiger partial charge on any atom is -0.355 e. The van der Waals surface area contributed by atoms with Crippen LogP contribution in [0.2, 0.25) is 0 Å². The van der Waals surface area contributed by atoms with E-state index in [1.54, 1.807) is 0 Å². The summed E-state index contributed by atoms with van der Waals surface area (Å²) in [5, 5.41) is 6.22. The quantitative estimate of drug-likeness (QED) is 0.422. The first-order valence-electron chi connectivity index (χ1n) is 9.23. The van der Waals surface area contributed by atoms with Crippen LogP contribution in [0.15, 0.2) is 29.2 Å². The molecule has 6 nitrogen and oxygen atoms in total. The highest BCUT2D eigenvalue weighted by atomic mass is 35.5. The Kier molecular flexibility index (Phi) is 10.8. The van der Waals surface area contributed by atoms with E-state index in [1.807, 2.05) is 0 Å². The van der Waals surface area contributed by atoms with E-state index in [4.69, 9.17) is 0 Å². The van der Waals surface area contributed by atoms with Crippen LogP contribution in [0.4, 0.5) is 4.39 Å². The van der Waals surface area contributed by atoms with Gasteiger partial charge in [-0.25, -0.2) is 17.5 Å². The van der Waals surface area contributed by atoms with Crippen molar-refractivity contribution in [2.24, 2.45) is 0 Å². The molecule has 1 aliphatic rings. The largest absolute Gasteiger partial charge is 0.355 e. The Morgan fingerprint density at radius 2 is 1.70 bits per heavy atom. The second-order valence-corrected chi connectivity index (χ2v) is 8.31. The van der Waals surface area contributed by atoms with Gasteiger partial charge in [-0.05, 0) is 25.0 Å². The number of rotatable bonds is 9. The molecular formula is C18H29ClFN3O3S. The average molecular weight is 422 g/mol. The summed E-state index contributed by atoms with van der Waals surface area (Å²) in [6, 6.07) is 5.68. The van der Waals surface area contributed by atoms with Crippen LogP contribution in [-0.4, -0.2) is 40.0 Å². The molecule has 1 amide bonds. The summed E-state index contributed by atoms with van der Waals surface area (Å²) in [7, 11) is -3.95. The summed E-state index contributed by atoms with van der Waals surface area (Å²) in [6.45, 7) is 1.14. The van der Waals surface area contributed by atoms with Crippen LogP contribution in [-0.2, 0) is 14.8 Å². The van der Waals surface area contributed by atoms with Gasteiger partial charge < -0.3 is 10.6 Å². The van der Waals surface area contributed by atoms with Gasteiger partial charge in [0.2, 0.25) is 15.9 Å². The molecule has 0 heterocycles. The highest BCUT2D eigenvalue weighted by Gasteiger charge is 2.18. The zero-order chi connectivity index (χ0) is 18.8. The van der Waals surface area contributed by atoms with E-state index in [0.29, 0.717) is 19.1 Å². The number of nitrogens with one attached hydrogen (secondary N) is 3. The summed E-state index contributed by atoms with van der Waals surface area (Å²) in [5.74, 6) is -1.04. The second kappa shape index (κ2) is 12.3. The van der Waals surface area contributed by atoms with Crippen LogP contribution in [0.3, 0.4) is 0 Å². The number of halogens is 2. The van der Waals surface area contributed by atoms with Crippen molar-refractivity contribution in [3.63, 3.8) is 0 Å². The molecule has 0 saturated heterocycles. The zero-order valence-electron chi connectivity index (χ0n) is 15.4. The fraction of sp³-hybridized carbons (Fsp3) is 0.611. The fourth-order valence-corrected chi connectivity index (χ4v) is 4.20. The molecule has 0 aliphatic heterocycles. The molecule has 0 unspecified atom stereocenters. The monoisotopic (exact) mass is 421 g/mol. The predicted molar refractivity (Wildman–Crippen MR) is 106 cm³/mol. The molecule has 9 heteroatoms. The van der Waals surface area contributed by atoms with E-state index in [1.165, 1.54) is 56.7 Å². The molecule has 27 heavy (non-hydrogen) atoms. The van der Waals surface area contributed by atoms with Gasteiger partial charge in [0.1, 0.15) is 10.7 Å². The Bertz CT molecular complexity index is 680. The van der Waals surface area contributed by atoms with E-state index < -0.39 is 20.7 Å². The van der Waals surface area contributed by atoms with Crippen molar-refractivity contribution >= 4 is 28.3 Å². The van der Waals surface area contributed by atoms with E-state index in [2.05, 4.69) is 15.4 Å². The molecule has 1 aliphatic carbocycles. The van der Waals surface area contributed by atoms with E-state index in [0.717, 1.165) is 6.07 Å². The molecule has 0 aromatic heterocycles. The van der Waals surface area contributed by atoms with Gasteiger partial charge in [0, 0.05) is 32.1 Å². The van der Waals surface area contributed by atoms with Crippen LogP contribution in [0.1, 0.15) is 44.9 Å². The van der Waals surface area contributed by atoms with Gasteiger partial charge in [0.05, 0.1) is 0 Å². The van der Waals surface area contributed by atoms with Crippen molar-refractivity contribution < 1.29 is 17.6 Å². The van der Waals surface area contributed by atoms with E-state index in [9.17, 15) is 17.6 Å². The van der Waals surface area contributed by atoms with Gasteiger partial charge >= 0.3 is 0 Å². The molecule has 154 valence electrons. The maximum atomic E-state index is 13.6. The number of carbonyl (C=O) groups is 1. The Morgan fingerprint density at radius 3 is 2.37 bits per heavy atom. The van der Waals surface area contributed by atoms with Crippen LogP contribution in [0.5, 0.6) is 0 Å². The maximum Gasteiger partial charge on any atom is 0.243 e. The number of hydrogen-bond donors (Lipinski definition) is 3. The van der Waals surface area contributed by atoms with Crippen LogP contribution < -0.4 is 15.4 Å². The Hall–Kier alpha value is -1.22. The third kappa shape index (κ3) is 8.55. The lowest BCUT2D eigenvalue weighted by Gasteiger charge is -2.16. The lowest BCUT2D eigenvalue weighted by Crippen LogP contribution is -2.38. The number of carbonyl (C=O) groups excluding carboxylic acids is 1. The van der Waals surface area contributed by atoms with Crippen molar-refractivity contribution in [2.75, 3.05) is 19.6 Å². The Balaban J connectivity index is 0.00000364. The SMILES string of the molecule is Cl.O=C(CCNS(=O)(=O)c1ccccc1F)NCCNC1CCCCCC1. The first kappa shape index (κ1) is 23.8. The molecule has 2 rings (SSSR count). The Morgan fingerprint density at radius 1 is 1.04 bits per heavy atom. The molecular weight excluding hydrogens is 393 g/mol. The summed E-state index contributed by atoms with van der Waals surface area (Å²) in [5.41, 5.74) is 0. The van der Waals surface area contributed by atoms with Crippen molar-refractivity contribution in [3.8, 4) is 0 Å². The van der Waals surface area contributed by atoms with Gasteiger partial charge in [-0.2, -0.15) is 0 Å². The van der Waals surface area contributed by atoms with Crippen molar-refractivity contribution in [2.45, 2.75) is 55.9 Å². The number of amides is 1. The lowest BCUT2D eigenvalue weighted by molar-refractivity contribution is -0.120. The van der Waals surface area contributed by atoms with Crippen LogP contribution in [0.25, 0.3) is 0 Å². The van der Waals surface area contributed by atoms with Gasteiger partial charge in [-0.1, -0.05) is 37.8 Å². The van der Waals surface area contributed by atoms with Crippen molar-refractivity contribution in [1.82, 2.24) is 15.4 Å². The van der Waals surface area contributed by atoms with Crippen LogP contribution >= 0.6 is 12.4 Å². The normalized spacial score (nSPS) is 15.6. The molecule has 1 aromatic carbocycles. The lowest BCUT2D eigenvalue weighted by atomic mass is 10.1. The predicted octanol–water partition coefficient (Wildman–Crippen LogP) is 2.34. The minimum absolute atomic E-state index is 0. The molecule has 1 aromatic rings. The van der Waals surface area contributed by atoms with Gasteiger partial charge in [0.25, 0.3) is 0 Å². The van der Waals surface area contributed by atoms with Crippen LogP contribution in [0, 0.1) is 5.82 Å². The summed E-state index contributed by atoms with van der Waals surface area (Å²) < 4.78 is 39.8. The third-order valence-corrected chi connectivity index (χ3v) is 6.00. The first-order chi connectivity index (χ1) is 12.5. The molecule has 0 atom stereocenters. The smallest absolute Gasteiger partial charge is 0.243 e. The maximum absolute atomic E-state index is 13.6. The zero-order valence-corrected chi connectivity index (χ0v) is 17.0. The molecule has 0 bridgehead atoms. The van der Waals surface area contributed by atoms with E-state index >= 15 is 0 Å². The molecule has 0 spiro atoms. The molecule has 3 N–H and O–H groups in total. The topological polar surface area (TPSA) is 87.3 Å². The average Bonchev–Trinajstić information content (AvgIpc) is 2.87. The third-order valence-electron chi connectivity index (χ3n) is 4.51. The van der Waals surface area contributed by atoms with Gasteiger partial charge in [0.15, 0.2) is 0 Å². The first-order valence-corrected chi connectivity index (χ1v) is 10.7. The summed E-state index contributed by atoms with van der Waals surface area (Å²) in [4.78, 5) is 11.4. The highest BCUT2D eigenvalue weighted by Crippen LogP contribution is 2.16.